The van der Waals surface area contributed by atoms with E-state index in [2.05, 4.69) is 92.7 Å². The van der Waals surface area contributed by atoms with Gasteiger partial charge in [0.25, 0.3) is 0 Å². The lowest BCUT2D eigenvalue weighted by Gasteiger charge is -2.14. The lowest BCUT2D eigenvalue weighted by atomic mass is 9.96. The van der Waals surface area contributed by atoms with Crippen LogP contribution < -0.4 is 4.74 Å². The Morgan fingerprint density at radius 1 is 0.778 bits per heavy atom. The van der Waals surface area contributed by atoms with Crippen LogP contribution in [0.25, 0.3) is 21.5 Å². The highest BCUT2D eigenvalue weighted by molar-refractivity contribution is 6.02. The van der Waals surface area contributed by atoms with E-state index in [1.807, 2.05) is 0 Å². The van der Waals surface area contributed by atoms with Crippen LogP contribution in [-0.4, -0.2) is 0 Å². The zero-order valence-corrected chi connectivity index (χ0v) is 16.1. The molecule has 0 aromatic heterocycles. The van der Waals surface area contributed by atoms with Gasteiger partial charge in [-0.1, -0.05) is 80.9 Å². The van der Waals surface area contributed by atoms with Crippen molar-refractivity contribution < 1.29 is 4.74 Å². The largest absolute Gasteiger partial charge is 0.489 e. The number of hydrogen-bond acceptors (Lipinski definition) is 1. The molecular formula is C26H26O. The number of rotatable bonds is 6. The van der Waals surface area contributed by atoms with Crippen molar-refractivity contribution in [2.45, 2.75) is 39.2 Å². The Bertz CT molecular complexity index is 993. The molecule has 0 heterocycles. The van der Waals surface area contributed by atoms with Gasteiger partial charge in [-0.3, -0.25) is 0 Å². The smallest absolute Gasteiger partial charge is 0.119 e. The molecule has 1 heteroatoms. The van der Waals surface area contributed by atoms with E-state index >= 15 is 0 Å². The monoisotopic (exact) mass is 354 g/mol. The van der Waals surface area contributed by atoms with E-state index in [0.717, 1.165) is 5.75 Å². The van der Waals surface area contributed by atoms with Crippen molar-refractivity contribution in [2.24, 2.45) is 0 Å². The molecule has 1 nitrogen and oxygen atoms in total. The van der Waals surface area contributed by atoms with Gasteiger partial charge >= 0.3 is 0 Å². The molecule has 4 aromatic carbocycles. The highest BCUT2D eigenvalue weighted by Crippen LogP contribution is 2.30. The van der Waals surface area contributed by atoms with Gasteiger partial charge in [0.1, 0.15) is 12.4 Å². The normalized spacial score (nSPS) is 12.4. The summed E-state index contributed by atoms with van der Waals surface area (Å²) in [6.07, 6.45) is 2.44. The van der Waals surface area contributed by atoms with Crippen molar-refractivity contribution in [3.8, 4) is 5.75 Å². The third kappa shape index (κ3) is 3.68. The fourth-order valence-corrected chi connectivity index (χ4v) is 3.91. The highest BCUT2D eigenvalue weighted by atomic mass is 16.5. The van der Waals surface area contributed by atoms with Crippen molar-refractivity contribution in [1.82, 2.24) is 0 Å². The van der Waals surface area contributed by atoms with Gasteiger partial charge in [0.2, 0.25) is 0 Å². The predicted octanol–water partition coefficient (Wildman–Crippen LogP) is 7.48. The molecule has 0 saturated heterocycles. The molecule has 0 aliphatic rings. The van der Waals surface area contributed by atoms with Gasteiger partial charge in [0, 0.05) is 5.56 Å². The fourth-order valence-electron chi connectivity index (χ4n) is 3.91. The van der Waals surface area contributed by atoms with Crippen LogP contribution in [0.4, 0.5) is 0 Å². The van der Waals surface area contributed by atoms with Gasteiger partial charge in [0.15, 0.2) is 0 Å². The predicted molar refractivity (Wildman–Crippen MR) is 116 cm³/mol. The van der Waals surface area contributed by atoms with Crippen LogP contribution >= 0.6 is 0 Å². The van der Waals surface area contributed by atoms with Crippen molar-refractivity contribution in [2.75, 3.05) is 0 Å². The summed E-state index contributed by atoms with van der Waals surface area (Å²) in [6, 6.07) is 28.0. The van der Waals surface area contributed by atoms with Crippen LogP contribution in [0.2, 0.25) is 0 Å². The van der Waals surface area contributed by atoms with E-state index in [1.165, 1.54) is 45.5 Å². The maximum absolute atomic E-state index is 6.20. The third-order valence-electron chi connectivity index (χ3n) is 5.44. The molecule has 0 aliphatic carbocycles. The Morgan fingerprint density at radius 2 is 1.37 bits per heavy atom. The minimum atomic E-state index is 0.575. The summed E-state index contributed by atoms with van der Waals surface area (Å²) in [6.45, 7) is 5.11. The van der Waals surface area contributed by atoms with Gasteiger partial charge < -0.3 is 4.74 Å². The van der Waals surface area contributed by atoms with Crippen LogP contribution in [0.15, 0.2) is 78.9 Å². The van der Waals surface area contributed by atoms with Crippen molar-refractivity contribution >= 4 is 21.5 Å². The Kier molecular flexibility index (Phi) is 5.11. The molecule has 27 heavy (non-hydrogen) atoms. The SMILES string of the molecule is CCCC(C)c1ccc(OCc2c3ccccc3cc3ccccc23)cc1. The second kappa shape index (κ2) is 7.84. The average molecular weight is 354 g/mol. The lowest BCUT2D eigenvalue weighted by molar-refractivity contribution is 0.309. The molecule has 1 atom stereocenters. The van der Waals surface area contributed by atoms with Gasteiger partial charge in [-0.25, -0.2) is 0 Å². The first-order valence-electron chi connectivity index (χ1n) is 9.88. The molecule has 0 amide bonds. The first kappa shape index (κ1) is 17.6. The maximum Gasteiger partial charge on any atom is 0.119 e. The summed E-state index contributed by atoms with van der Waals surface area (Å²) in [4.78, 5) is 0. The van der Waals surface area contributed by atoms with Crippen LogP contribution in [0, 0.1) is 0 Å². The van der Waals surface area contributed by atoms with E-state index in [0.29, 0.717) is 12.5 Å². The molecule has 0 bridgehead atoms. The minimum absolute atomic E-state index is 0.575. The van der Waals surface area contributed by atoms with E-state index < -0.39 is 0 Å². The zero-order valence-electron chi connectivity index (χ0n) is 16.1. The van der Waals surface area contributed by atoms with Crippen LogP contribution in [0.3, 0.4) is 0 Å². The average Bonchev–Trinajstić information content (AvgIpc) is 2.71. The number of hydrogen-bond donors (Lipinski definition) is 0. The summed E-state index contributed by atoms with van der Waals surface area (Å²) < 4.78 is 6.20. The molecule has 0 spiro atoms. The van der Waals surface area contributed by atoms with Crippen LogP contribution in [-0.2, 0) is 6.61 Å². The number of benzene rings is 4. The van der Waals surface area contributed by atoms with Gasteiger partial charge in [-0.15, -0.1) is 0 Å². The van der Waals surface area contributed by atoms with Crippen molar-refractivity contribution in [3.05, 3.63) is 90.0 Å². The topological polar surface area (TPSA) is 9.23 Å². The standard InChI is InChI=1S/C26H26O/c1-3-8-19(2)20-13-15-23(16-14-20)27-18-26-24-11-6-4-9-21(24)17-22-10-5-7-12-25(22)26/h4-7,9-17,19H,3,8,18H2,1-2H3. The quantitative estimate of drug-likeness (QED) is 0.326. The molecule has 0 saturated carbocycles. The third-order valence-corrected chi connectivity index (χ3v) is 5.44. The number of fused-ring (bicyclic) bond motifs is 2. The molecule has 136 valence electrons. The van der Waals surface area contributed by atoms with E-state index in [4.69, 9.17) is 4.74 Å². The first-order valence-corrected chi connectivity index (χ1v) is 9.88. The molecule has 1 unspecified atom stereocenters. The van der Waals surface area contributed by atoms with Gasteiger partial charge in [-0.2, -0.15) is 0 Å². The molecule has 4 rings (SSSR count). The second-order valence-electron chi connectivity index (χ2n) is 7.34. The highest BCUT2D eigenvalue weighted by Gasteiger charge is 2.09. The summed E-state index contributed by atoms with van der Waals surface area (Å²) in [7, 11) is 0. The van der Waals surface area contributed by atoms with Crippen molar-refractivity contribution in [3.63, 3.8) is 0 Å². The van der Waals surface area contributed by atoms with Gasteiger partial charge in [0.05, 0.1) is 0 Å². The Hall–Kier alpha value is -2.80. The molecule has 0 N–H and O–H groups in total. The molecular weight excluding hydrogens is 328 g/mol. The summed E-state index contributed by atoms with van der Waals surface area (Å²) in [5, 5.41) is 5.06. The summed E-state index contributed by atoms with van der Waals surface area (Å²) in [5.74, 6) is 1.53. The van der Waals surface area contributed by atoms with E-state index in [1.54, 1.807) is 0 Å². The number of ether oxygens (including phenoxy) is 1. The Morgan fingerprint density at radius 3 is 1.96 bits per heavy atom. The molecule has 0 radical (unpaired) electrons. The second-order valence-corrected chi connectivity index (χ2v) is 7.34. The molecule has 0 aliphatic heterocycles. The minimum Gasteiger partial charge on any atom is -0.489 e. The van der Waals surface area contributed by atoms with E-state index in [-0.39, 0.29) is 0 Å². The maximum atomic E-state index is 6.20. The van der Waals surface area contributed by atoms with Crippen molar-refractivity contribution in [1.29, 1.82) is 0 Å². The summed E-state index contributed by atoms with van der Waals surface area (Å²) in [5.41, 5.74) is 2.65. The zero-order chi connectivity index (χ0) is 18.6. The molecule has 4 aromatic rings. The van der Waals surface area contributed by atoms with Gasteiger partial charge in [-0.05, 0) is 57.6 Å². The summed E-state index contributed by atoms with van der Waals surface area (Å²) >= 11 is 0. The van der Waals surface area contributed by atoms with E-state index in [9.17, 15) is 0 Å². The molecule has 0 fully saturated rings. The fraction of sp³-hybridized carbons (Fsp3) is 0.231. The van der Waals surface area contributed by atoms with Crippen LogP contribution in [0.1, 0.15) is 43.7 Å². The Balaban J connectivity index is 1.63. The van der Waals surface area contributed by atoms with Crippen LogP contribution in [0.5, 0.6) is 5.75 Å². The first-order chi connectivity index (χ1) is 13.3. The lowest BCUT2D eigenvalue weighted by Crippen LogP contribution is -1.99. The Labute approximate surface area is 161 Å².